The Bertz CT molecular complexity index is 478. The highest BCUT2D eigenvalue weighted by atomic mass is 19.1. The summed E-state index contributed by atoms with van der Waals surface area (Å²) in [4.78, 5) is 10.6. The van der Waals surface area contributed by atoms with Gasteiger partial charge in [0.15, 0.2) is 0 Å². The van der Waals surface area contributed by atoms with E-state index in [2.05, 4.69) is 20.8 Å². The van der Waals surface area contributed by atoms with Crippen molar-refractivity contribution >= 4 is 5.97 Å². The van der Waals surface area contributed by atoms with E-state index in [1.165, 1.54) is 6.92 Å². The minimum Gasteiger partial charge on any atom is -0.476 e. The van der Waals surface area contributed by atoms with Crippen LogP contribution in [0.25, 0.3) is 0 Å². The molecule has 0 spiro atoms. The average molecular weight is 268 g/mol. The van der Waals surface area contributed by atoms with E-state index in [4.69, 9.17) is 9.84 Å². The van der Waals surface area contributed by atoms with Crippen molar-refractivity contribution in [2.45, 2.75) is 58.2 Å². The molecular formula is C15H21FO3. The van der Waals surface area contributed by atoms with Crippen molar-refractivity contribution < 1.29 is 19.0 Å². The maximum absolute atomic E-state index is 13.3. The van der Waals surface area contributed by atoms with Crippen LogP contribution in [0.1, 0.15) is 47.0 Å². The molecule has 0 radical (unpaired) electrons. The fourth-order valence-electron chi connectivity index (χ4n) is 3.39. The summed E-state index contributed by atoms with van der Waals surface area (Å²) in [6.07, 6.45) is 6.56. The van der Waals surface area contributed by atoms with Gasteiger partial charge in [-0.25, -0.2) is 4.79 Å². The maximum atomic E-state index is 13.3. The third-order valence-corrected chi connectivity index (χ3v) is 4.69. The van der Waals surface area contributed by atoms with Gasteiger partial charge in [0.05, 0.1) is 5.60 Å². The highest BCUT2D eigenvalue weighted by Gasteiger charge is 2.73. The fraction of sp³-hybridized carbons (Fsp3) is 0.667. The summed E-state index contributed by atoms with van der Waals surface area (Å²) in [5.41, 5.74) is -0.471. The molecule has 1 N–H and O–H groups in total. The van der Waals surface area contributed by atoms with Crippen molar-refractivity contribution in [3.63, 3.8) is 0 Å². The molecule has 1 aliphatic heterocycles. The Hall–Kier alpha value is -1.16. The number of carboxylic acids is 1. The third-order valence-electron chi connectivity index (χ3n) is 4.69. The van der Waals surface area contributed by atoms with Gasteiger partial charge in [0, 0.05) is 5.41 Å². The molecule has 1 aliphatic carbocycles. The topological polar surface area (TPSA) is 49.8 Å². The second-order valence-electron chi connectivity index (χ2n) is 6.44. The molecule has 2 atom stereocenters. The van der Waals surface area contributed by atoms with Crippen LogP contribution in [0.5, 0.6) is 0 Å². The van der Waals surface area contributed by atoms with Crippen LogP contribution in [0.3, 0.4) is 0 Å². The molecule has 106 valence electrons. The van der Waals surface area contributed by atoms with Crippen LogP contribution in [-0.4, -0.2) is 22.3 Å². The molecule has 2 fully saturated rings. The lowest BCUT2D eigenvalue weighted by molar-refractivity contribution is -0.134. The number of epoxide rings is 1. The zero-order valence-corrected chi connectivity index (χ0v) is 11.9. The van der Waals surface area contributed by atoms with Gasteiger partial charge in [0.1, 0.15) is 5.60 Å². The Morgan fingerprint density at radius 1 is 1.32 bits per heavy atom. The highest BCUT2D eigenvalue weighted by Crippen LogP contribution is 2.66. The lowest BCUT2D eigenvalue weighted by Crippen LogP contribution is -2.41. The van der Waals surface area contributed by atoms with Crippen molar-refractivity contribution in [2.75, 3.05) is 0 Å². The number of fused-ring (bicyclic) bond motifs is 1. The number of carbonyl (C=O) groups is 1. The summed E-state index contributed by atoms with van der Waals surface area (Å²) in [6.45, 7) is 7.83. The van der Waals surface area contributed by atoms with Gasteiger partial charge in [0.25, 0.3) is 0 Å². The first-order chi connectivity index (χ1) is 8.65. The van der Waals surface area contributed by atoms with Gasteiger partial charge in [-0.05, 0) is 44.8 Å². The minimum absolute atomic E-state index is 0.0174. The number of hydrogen-bond acceptors (Lipinski definition) is 2. The van der Waals surface area contributed by atoms with Crippen molar-refractivity contribution in [1.82, 2.24) is 0 Å². The van der Waals surface area contributed by atoms with Crippen molar-refractivity contribution in [3.05, 3.63) is 23.6 Å². The number of ether oxygens (including phenoxy) is 1. The Kier molecular flexibility index (Phi) is 3.13. The zero-order valence-electron chi connectivity index (χ0n) is 11.9. The predicted octanol–water partition coefficient (Wildman–Crippen LogP) is 3.61. The standard InChI is InChI=1S/C15H21FO3/c1-10(11(16)12(17)18)6-9-15-13(2,3)7-5-8-14(15,4)19-15/h6,9H,5,7-8H2,1-4H3,(H,17,18)/b9-6+,11-10+/t14-,15+/m0/s1. The average Bonchev–Trinajstić information content (AvgIpc) is 2.93. The molecule has 0 aromatic carbocycles. The number of aliphatic carboxylic acids is 1. The van der Waals surface area contributed by atoms with Crippen LogP contribution in [0.4, 0.5) is 4.39 Å². The van der Waals surface area contributed by atoms with Gasteiger partial charge < -0.3 is 9.84 Å². The van der Waals surface area contributed by atoms with Crippen molar-refractivity contribution in [3.8, 4) is 0 Å². The van der Waals surface area contributed by atoms with Gasteiger partial charge in [-0.15, -0.1) is 0 Å². The normalized spacial score (nSPS) is 37.7. The molecule has 0 bridgehead atoms. The summed E-state index contributed by atoms with van der Waals surface area (Å²) < 4.78 is 19.3. The Balaban J connectivity index is 2.28. The van der Waals surface area contributed by atoms with E-state index >= 15 is 0 Å². The molecule has 19 heavy (non-hydrogen) atoms. The number of carboxylic acid groups (broad SMARTS) is 1. The van der Waals surface area contributed by atoms with Crippen LogP contribution in [0.2, 0.25) is 0 Å². The van der Waals surface area contributed by atoms with E-state index in [1.807, 2.05) is 6.08 Å². The third kappa shape index (κ3) is 2.02. The van der Waals surface area contributed by atoms with Crippen molar-refractivity contribution in [2.24, 2.45) is 5.41 Å². The van der Waals surface area contributed by atoms with Crippen LogP contribution < -0.4 is 0 Å². The molecule has 1 saturated heterocycles. The molecule has 0 unspecified atom stereocenters. The zero-order chi connectivity index (χ0) is 14.5. The number of rotatable bonds is 3. The van der Waals surface area contributed by atoms with Gasteiger partial charge in [0.2, 0.25) is 5.83 Å². The number of hydrogen-bond donors (Lipinski definition) is 1. The Morgan fingerprint density at radius 3 is 2.47 bits per heavy atom. The summed E-state index contributed by atoms with van der Waals surface area (Å²) in [5, 5.41) is 8.62. The summed E-state index contributed by atoms with van der Waals surface area (Å²) in [7, 11) is 0. The SMILES string of the molecule is CC(/C=C/[C@]12O[C@@]1(C)CCCC2(C)C)=C(\F)C(=O)O. The smallest absolute Gasteiger partial charge is 0.365 e. The van der Waals surface area contributed by atoms with E-state index in [0.29, 0.717) is 0 Å². The van der Waals surface area contributed by atoms with E-state index in [0.717, 1.165) is 19.3 Å². The van der Waals surface area contributed by atoms with Gasteiger partial charge in [-0.1, -0.05) is 19.9 Å². The second kappa shape index (κ2) is 4.17. The number of allylic oxidation sites excluding steroid dienone is 2. The molecule has 0 aromatic rings. The molecule has 2 aliphatic rings. The molecular weight excluding hydrogens is 247 g/mol. The Morgan fingerprint density at radius 2 is 1.95 bits per heavy atom. The van der Waals surface area contributed by atoms with Crippen LogP contribution in [0.15, 0.2) is 23.6 Å². The number of halogens is 1. The predicted molar refractivity (Wildman–Crippen MR) is 70.4 cm³/mol. The highest BCUT2D eigenvalue weighted by molar-refractivity contribution is 5.85. The molecule has 4 heteroatoms. The Labute approximate surface area is 113 Å². The fourth-order valence-corrected chi connectivity index (χ4v) is 3.39. The summed E-state index contributed by atoms with van der Waals surface area (Å²) >= 11 is 0. The summed E-state index contributed by atoms with van der Waals surface area (Å²) in [6, 6.07) is 0. The quantitative estimate of drug-likeness (QED) is 0.483. The molecule has 3 nitrogen and oxygen atoms in total. The van der Waals surface area contributed by atoms with E-state index in [-0.39, 0.29) is 16.6 Å². The van der Waals surface area contributed by atoms with Crippen LogP contribution in [0, 0.1) is 5.41 Å². The first kappa shape index (κ1) is 14.3. The van der Waals surface area contributed by atoms with Crippen LogP contribution >= 0.6 is 0 Å². The maximum Gasteiger partial charge on any atom is 0.365 e. The largest absolute Gasteiger partial charge is 0.476 e. The first-order valence-corrected chi connectivity index (χ1v) is 6.64. The van der Waals surface area contributed by atoms with Crippen LogP contribution in [-0.2, 0) is 9.53 Å². The summed E-state index contributed by atoms with van der Waals surface area (Å²) in [5.74, 6) is -2.63. The molecule has 0 aromatic heterocycles. The van der Waals surface area contributed by atoms with Gasteiger partial charge in [-0.2, -0.15) is 4.39 Å². The lowest BCUT2D eigenvalue weighted by Gasteiger charge is -2.36. The van der Waals surface area contributed by atoms with E-state index < -0.39 is 17.4 Å². The monoisotopic (exact) mass is 268 g/mol. The molecule has 2 rings (SSSR count). The van der Waals surface area contributed by atoms with Gasteiger partial charge >= 0.3 is 5.97 Å². The minimum atomic E-state index is -1.53. The molecule has 0 amide bonds. The molecule has 1 heterocycles. The van der Waals surface area contributed by atoms with E-state index in [1.54, 1.807) is 6.08 Å². The second-order valence-corrected chi connectivity index (χ2v) is 6.44. The lowest BCUT2D eigenvalue weighted by atomic mass is 9.64. The van der Waals surface area contributed by atoms with Crippen molar-refractivity contribution in [1.29, 1.82) is 0 Å². The molecule has 1 saturated carbocycles. The van der Waals surface area contributed by atoms with Gasteiger partial charge in [-0.3, -0.25) is 0 Å². The van der Waals surface area contributed by atoms with E-state index in [9.17, 15) is 9.18 Å². The first-order valence-electron chi connectivity index (χ1n) is 6.64.